The molecule has 1 N–H and O–H groups in total. The van der Waals surface area contributed by atoms with E-state index >= 15 is 0 Å². The largest absolute Gasteiger partial charge is 0.367 e. The van der Waals surface area contributed by atoms with E-state index in [0.29, 0.717) is 25.0 Å². The number of H-pyrrole nitrogens is 1. The minimum Gasteiger partial charge on any atom is -0.367 e. The molecule has 1 aliphatic heterocycles. The number of fused-ring (bicyclic) bond motifs is 3. The second-order valence-electron chi connectivity index (χ2n) is 9.78. The fourth-order valence-electron chi connectivity index (χ4n) is 4.64. The number of nitrogens with one attached hydrogen (secondary N) is 1. The first-order chi connectivity index (χ1) is 13.0. The summed E-state index contributed by atoms with van der Waals surface area (Å²) >= 11 is 0. The van der Waals surface area contributed by atoms with E-state index in [1.54, 1.807) is 0 Å². The predicted octanol–water partition coefficient (Wildman–Crippen LogP) is 5.95. The van der Waals surface area contributed by atoms with Gasteiger partial charge in [0.2, 0.25) is 0 Å². The molecule has 0 bridgehead atoms. The first-order valence-electron chi connectivity index (χ1n) is 10.7. The molecule has 148 valence electrons. The van der Waals surface area contributed by atoms with Gasteiger partial charge in [-0.15, -0.1) is 0 Å². The number of hydrogen-bond acceptors (Lipinski definition) is 2. The average Bonchev–Trinajstić information content (AvgIpc) is 3.00. The van der Waals surface area contributed by atoms with Crippen molar-refractivity contribution in [2.45, 2.75) is 79.8 Å². The van der Waals surface area contributed by atoms with Crippen LogP contribution in [-0.2, 0) is 21.6 Å². The van der Waals surface area contributed by atoms with Crippen molar-refractivity contribution in [1.29, 1.82) is 0 Å². The van der Waals surface area contributed by atoms with Gasteiger partial charge in [0.25, 0.3) is 0 Å². The predicted molar refractivity (Wildman–Crippen MR) is 112 cm³/mol. The third kappa shape index (κ3) is 3.04. The van der Waals surface area contributed by atoms with Crippen molar-refractivity contribution in [2.75, 3.05) is 6.61 Å². The highest BCUT2D eigenvalue weighted by Crippen LogP contribution is 2.52. The maximum atomic E-state index is 11.7. The lowest BCUT2D eigenvalue weighted by atomic mass is 9.69. The average molecular weight is 371 g/mol. The molecule has 1 aliphatic rings. The summed E-state index contributed by atoms with van der Waals surface area (Å²) in [7, 11) is 0. The van der Waals surface area contributed by atoms with Crippen molar-refractivity contribution in [3.8, 4) is 0 Å². The van der Waals surface area contributed by atoms with E-state index < -0.39 is 5.60 Å². The Morgan fingerprint density at radius 1 is 1.41 bits per heavy atom. The third-order valence-corrected chi connectivity index (χ3v) is 6.34. The second kappa shape index (κ2) is 6.77. The molecule has 0 aliphatic carbocycles. The highest BCUT2D eigenvalue weighted by Gasteiger charge is 2.50. The lowest BCUT2D eigenvalue weighted by Crippen LogP contribution is -2.47. The number of aromatic amines is 1. The molecule has 1 unspecified atom stereocenters. The molecule has 3 heteroatoms. The Hall–Kier alpha value is -1.61. The molecule has 0 amide bonds. The Kier molecular flexibility index (Phi) is 4.70. The smallest absolute Gasteiger partial charge is 0.123 e. The van der Waals surface area contributed by atoms with Crippen LogP contribution in [0.5, 0.6) is 0 Å². The van der Waals surface area contributed by atoms with Crippen LogP contribution in [0, 0.1) is 25.2 Å². The molecule has 2 aromatic rings. The van der Waals surface area contributed by atoms with Gasteiger partial charge in [0.15, 0.2) is 0 Å². The standard InChI is InChI=1S/C24H35NO2/c1-14(2)11-18-17(5)15(3)12-19-20-16(4)13-27-24(9-10-26,23(6,7)8)22(20)25-21(18)19/h10,12,14,16,25H,9,11,13H2,1-8H3/t16?,24-/m1/s1/i12D. The zero-order valence-corrected chi connectivity index (χ0v) is 18.2. The SMILES string of the molecule is [2H]c1c(C)c(C)c(CC(C)C)c2[nH]c3c(c12)C(C)CO[C@@]3(CC=O)C(C)(C)C. The van der Waals surface area contributed by atoms with Gasteiger partial charge >= 0.3 is 0 Å². The molecule has 3 nitrogen and oxygen atoms in total. The number of carbonyl (C=O) groups is 1. The summed E-state index contributed by atoms with van der Waals surface area (Å²) < 4.78 is 15.3. The fourth-order valence-corrected chi connectivity index (χ4v) is 4.64. The van der Waals surface area contributed by atoms with Crippen LogP contribution < -0.4 is 0 Å². The fraction of sp³-hybridized carbons (Fsp3) is 0.625. The second-order valence-corrected chi connectivity index (χ2v) is 9.78. The summed E-state index contributed by atoms with van der Waals surface area (Å²) in [4.78, 5) is 15.4. The van der Waals surface area contributed by atoms with Crippen LogP contribution in [0.2, 0.25) is 0 Å². The van der Waals surface area contributed by atoms with Crippen LogP contribution >= 0.6 is 0 Å². The molecular weight excluding hydrogens is 334 g/mol. The molecule has 27 heavy (non-hydrogen) atoms. The number of benzene rings is 1. The molecule has 0 saturated carbocycles. The topological polar surface area (TPSA) is 42.1 Å². The molecule has 3 rings (SSSR count). The van der Waals surface area contributed by atoms with E-state index in [-0.39, 0.29) is 11.3 Å². The Labute approximate surface area is 165 Å². The molecule has 0 fully saturated rings. The van der Waals surface area contributed by atoms with Gasteiger partial charge in [0.05, 0.1) is 13.7 Å². The van der Waals surface area contributed by atoms with Gasteiger partial charge in [0, 0.05) is 23.2 Å². The van der Waals surface area contributed by atoms with Crippen molar-refractivity contribution in [3.63, 3.8) is 0 Å². The summed E-state index contributed by atoms with van der Waals surface area (Å²) in [5.74, 6) is 0.707. The lowest BCUT2D eigenvalue weighted by molar-refractivity contribution is -0.151. The molecule has 1 aromatic carbocycles. The van der Waals surface area contributed by atoms with Crippen LogP contribution in [0.25, 0.3) is 10.9 Å². The zero-order chi connectivity index (χ0) is 21.0. The van der Waals surface area contributed by atoms with Crippen molar-refractivity contribution in [2.24, 2.45) is 11.3 Å². The van der Waals surface area contributed by atoms with E-state index in [0.717, 1.165) is 34.9 Å². The number of rotatable bonds is 4. The first-order valence-corrected chi connectivity index (χ1v) is 10.2. The van der Waals surface area contributed by atoms with Gasteiger partial charge < -0.3 is 14.5 Å². The summed E-state index contributed by atoms with van der Waals surface area (Å²) in [5, 5.41) is 1.03. The number of aldehydes is 1. The normalized spacial score (nSPS) is 23.6. The van der Waals surface area contributed by atoms with Gasteiger partial charge in [-0.3, -0.25) is 0 Å². The number of ether oxygens (including phenoxy) is 1. The minimum absolute atomic E-state index is 0.184. The molecule has 0 saturated heterocycles. The summed E-state index contributed by atoms with van der Waals surface area (Å²) in [5.41, 5.74) is 5.86. The highest BCUT2D eigenvalue weighted by atomic mass is 16.5. The van der Waals surface area contributed by atoms with Crippen LogP contribution in [0.15, 0.2) is 6.04 Å². The number of aromatic nitrogens is 1. The van der Waals surface area contributed by atoms with Gasteiger partial charge in [-0.25, -0.2) is 0 Å². The van der Waals surface area contributed by atoms with Crippen molar-refractivity contribution >= 4 is 17.2 Å². The quantitative estimate of drug-likeness (QED) is 0.676. The van der Waals surface area contributed by atoms with E-state index in [1.165, 1.54) is 16.7 Å². The summed E-state index contributed by atoms with van der Waals surface area (Å²) in [6, 6.07) is 0.611. The minimum atomic E-state index is -0.695. The first kappa shape index (κ1) is 18.7. The Morgan fingerprint density at radius 3 is 2.63 bits per heavy atom. The van der Waals surface area contributed by atoms with Gasteiger partial charge in [-0.05, 0) is 59.9 Å². The van der Waals surface area contributed by atoms with Crippen molar-refractivity contribution in [3.05, 3.63) is 34.0 Å². The number of carbonyl (C=O) groups excluding carboxylic acids is 1. The van der Waals surface area contributed by atoms with Gasteiger partial charge in [-0.1, -0.05) is 41.5 Å². The molecule has 0 radical (unpaired) electrons. The number of hydrogen-bond donors (Lipinski definition) is 1. The Bertz CT molecular complexity index is 919. The monoisotopic (exact) mass is 370 g/mol. The maximum absolute atomic E-state index is 11.7. The third-order valence-electron chi connectivity index (χ3n) is 6.34. The maximum Gasteiger partial charge on any atom is 0.123 e. The van der Waals surface area contributed by atoms with E-state index in [9.17, 15) is 4.79 Å². The summed E-state index contributed by atoms with van der Waals surface area (Å²) in [6.07, 6.45) is 2.26. The molecule has 0 spiro atoms. The highest BCUT2D eigenvalue weighted by molar-refractivity contribution is 5.90. The molecule has 1 aromatic heterocycles. The van der Waals surface area contributed by atoms with Gasteiger partial charge in [0.1, 0.15) is 11.9 Å². The molecular formula is C24H35NO2. The zero-order valence-electron chi connectivity index (χ0n) is 19.2. The Morgan fingerprint density at radius 2 is 2.07 bits per heavy atom. The van der Waals surface area contributed by atoms with Crippen molar-refractivity contribution < 1.29 is 10.9 Å². The van der Waals surface area contributed by atoms with Gasteiger partial charge in [-0.2, -0.15) is 0 Å². The van der Waals surface area contributed by atoms with Crippen molar-refractivity contribution in [1.82, 2.24) is 4.98 Å². The van der Waals surface area contributed by atoms with Crippen LogP contribution in [0.1, 0.15) is 83.2 Å². The van der Waals surface area contributed by atoms with E-state index in [1.807, 2.05) is 0 Å². The lowest BCUT2D eigenvalue weighted by Gasteiger charge is -2.47. The Balaban J connectivity index is 2.47. The van der Waals surface area contributed by atoms with Crippen LogP contribution in [-0.4, -0.2) is 17.9 Å². The van der Waals surface area contributed by atoms with E-state index in [2.05, 4.69) is 60.4 Å². The summed E-state index contributed by atoms with van der Waals surface area (Å²) in [6.45, 7) is 17.8. The van der Waals surface area contributed by atoms with Crippen LogP contribution in [0.4, 0.5) is 0 Å². The van der Waals surface area contributed by atoms with Crippen LogP contribution in [0.3, 0.4) is 0 Å². The molecule has 2 atom stereocenters. The molecule has 2 heterocycles. The van der Waals surface area contributed by atoms with E-state index in [4.69, 9.17) is 6.11 Å².